The summed E-state index contributed by atoms with van der Waals surface area (Å²) >= 11 is 0. The van der Waals surface area contributed by atoms with Gasteiger partial charge < -0.3 is 33.9 Å². The molecule has 0 saturated heterocycles. The molecule has 0 saturated carbocycles. The summed E-state index contributed by atoms with van der Waals surface area (Å²) in [6.45, 7) is 1.26. The van der Waals surface area contributed by atoms with Crippen LogP contribution in [0.2, 0.25) is 0 Å². The minimum atomic E-state index is 0.172. The number of aromatic amines is 1. The van der Waals surface area contributed by atoms with Crippen LogP contribution in [0.5, 0.6) is 28.9 Å². The highest BCUT2D eigenvalue weighted by Gasteiger charge is 2.27. The Morgan fingerprint density at radius 2 is 1.68 bits per heavy atom. The number of benzene rings is 3. The summed E-state index contributed by atoms with van der Waals surface area (Å²) in [6, 6.07) is 9.93. The number of hydrogen-bond donors (Lipinski definition) is 2. The minimum Gasteiger partial charge on any atom is -0.494 e. The first-order chi connectivity index (χ1) is 15.1. The van der Waals surface area contributed by atoms with Crippen LogP contribution in [0.25, 0.3) is 32.7 Å². The summed E-state index contributed by atoms with van der Waals surface area (Å²) in [4.78, 5) is 5.16. The van der Waals surface area contributed by atoms with Crippen molar-refractivity contribution in [1.29, 1.82) is 0 Å². The van der Waals surface area contributed by atoms with Crippen LogP contribution < -0.4 is 18.9 Å². The molecule has 2 aliphatic rings. The molecule has 4 aromatic rings. The van der Waals surface area contributed by atoms with Crippen LogP contribution in [-0.4, -0.2) is 49.2 Å². The molecule has 0 fully saturated rings. The highest BCUT2D eigenvalue weighted by Crippen LogP contribution is 2.51. The summed E-state index contributed by atoms with van der Waals surface area (Å²) in [5, 5.41) is 14.6. The molecule has 0 unspecified atom stereocenters. The molecular formula is C24H22N2O5. The summed E-state index contributed by atoms with van der Waals surface area (Å²) in [6.07, 6.45) is 2.64. The fourth-order valence-corrected chi connectivity index (χ4v) is 4.60. The fourth-order valence-electron chi connectivity index (χ4n) is 4.60. The van der Waals surface area contributed by atoms with Gasteiger partial charge in [0.25, 0.3) is 0 Å². The van der Waals surface area contributed by atoms with Gasteiger partial charge in [0.15, 0.2) is 28.9 Å². The third kappa shape index (κ3) is 2.70. The van der Waals surface area contributed by atoms with Crippen LogP contribution in [0.4, 0.5) is 0 Å². The highest BCUT2D eigenvalue weighted by atomic mass is 16.7. The van der Waals surface area contributed by atoms with Crippen molar-refractivity contribution in [1.82, 2.24) is 9.88 Å². The third-order valence-corrected chi connectivity index (χ3v) is 6.02. The Balaban J connectivity index is 1.73. The first kappa shape index (κ1) is 18.2. The van der Waals surface area contributed by atoms with E-state index < -0.39 is 0 Å². The molecule has 31 heavy (non-hydrogen) atoms. The molecule has 6 rings (SSSR count). The maximum Gasteiger partial charge on any atom is 0.231 e. The molecule has 0 atom stereocenters. The summed E-state index contributed by atoms with van der Waals surface area (Å²) in [5.41, 5.74) is 3.01. The lowest BCUT2D eigenvalue weighted by atomic mass is 9.88. The predicted octanol–water partition coefficient (Wildman–Crippen LogP) is 4.26. The maximum atomic E-state index is 10.8. The second kappa shape index (κ2) is 6.72. The third-order valence-electron chi connectivity index (χ3n) is 6.02. The zero-order valence-electron chi connectivity index (χ0n) is 17.3. The Hall–Kier alpha value is -3.58. The van der Waals surface area contributed by atoms with Gasteiger partial charge in [-0.1, -0.05) is 12.1 Å². The van der Waals surface area contributed by atoms with Crippen LogP contribution in [0.3, 0.4) is 0 Å². The number of fused-ring (bicyclic) bond motifs is 5. The van der Waals surface area contributed by atoms with Gasteiger partial charge in [-0.3, -0.25) is 0 Å². The van der Waals surface area contributed by atoms with Crippen LogP contribution >= 0.6 is 0 Å². The number of aromatic nitrogens is 1. The molecule has 1 aromatic heterocycles. The van der Waals surface area contributed by atoms with Crippen molar-refractivity contribution in [3.05, 3.63) is 42.1 Å². The molecule has 0 amide bonds. The van der Waals surface area contributed by atoms with E-state index in [1.165, 1.54) is 0 Å². The fraction of sp³-hybridized carbons (Fsp3) is 0.250. The number of ether oxygens (including phenoxy) is 4. The molecule has 0 radical (unpaired) electrons. The topological polar surface area (TPSA) is 76.2 Å². The smallest absolute Gasteiger partial charge is 0.231 e. The van der Waals surface area contributed by atoms with Gasteiger partial charge in [0.2, 0.25) is 13.6 Å². The average Bonchev–Trinajstić information content (AvgIpc) is 3.50. The van der Waals surface area contributed by atoms with Crippen molar-refractivity contribution in [3.8, 4) is 40.0 Å². The van der Waals surface area contributed by atoms with Crippen LogP contribution in [0.1, 0.15) is 5.56 Å². The van der Waals surface area contributed by atoms with E-state index in [-0.39, 0.29) is 19.5 Å². The van der Waals surface area contributed by atoms with E-state index in [0.717, 1.165) is 68.4 Å². The molecule has 0 bridgehead atoms. The van der Waals surface area contributed by atoms with Gasteiger partial charge in [0, 0.05) is 34.5 Å². The molecule has 2 aliphatic heterocycles. The molecule has 158 valence electrons. The lowest BCUT2D eigenvalue weighted by molar-refractivity contribution is 0.174. The molecule has 0 aliphatic carbocycles. The van der Waals surface area contributed by atoms with Gasteiger partial charge in [0.05, 0.1) is 0 Å². The van der Waals surface area contributed by atoms with Gasteiger partial charge in [-0.2, -0.15) is 0 Å². The number of H-pyrrole nitrogens is 1. The van der Waals surface area contributed by atoms with E-state index in [1.54, 1.807) is 0 Å². The van der Waals surface area contributed by atoms with Crippen molar-refractivity contribution in [2.75, 3.05) is 34.2 Å². The molecule has 3 aromatic carbocycles. The Morgan fingerprint density at radius 3 is 2.55 bits per heavy atom. The molecule has 3 heterocycles. The van der Waals surface area contributed by atoms with Gasteiger partial charge in [-0.25, -0.2) is 0 Å². The SMILES string of the molecule is CN(C)CCc1c2ccc3c(c2c(-c2ccc4c(c2)OCO4)c2c[nH]c(O)c12)OCO3. The van der Waals surface area contributed by atoms with E-state index in [2.05, 4.69) is 16.0 Å². The van der Waals surface area contributed by atoms with Gasteiger partial charge >= 0.3 is 0 Å². The number of aromatic hydroxyl groups is 1. The van der Waals surface area contributed by atoms with E-state index >= 15 is 0 Å². The Morgan fingerprint density at radius 1 is 0.903 bits per heavy atom. The number of nitrogens with zero attached hydrogens (tertiary/aromatic N) is 1. The zero-order valence-corrected chi connectivity index (χ0v) is 17.3. The van der Waals surface area contributed by atoms with E-state index in [4.69, 9.17) is 18.9 Å². The number of hydrogen-bond acceptors (Lipinski definition) is 6. The zero-order chi connectivity index (χ0) is 21.1. The van der Waals surface area contributed by atoms with E-state index in [0.29, 0.717) is 5.75 Å². The van der Waals surface area contributed by atoms with Crippen molar-refractivity contribution < 1.29 is 24.1 Å². The lowest BCUT2D eigenvalue weighted by Crippen LogP contribution is -2.15. The summed E-state index contributed by atoms with van der Waals surface area (Å²) < 4.78 is 22.8. The predicted molar refractivity (Wildman–Crippen MR) is 117 cm³/mol. The second-order valence-corrected chi connectivity index (χ2v) is 8.12. The molecule has 2 N–H and O–H groups in total. The maximum absolute atomic E-state index is 10.8. The number of nitrogens with one attached hydrogen (secondary N) is 1. The molecule has 7 nitrogen and oxygen atoms in total. The summed E-state index contributed by atoms with van der Waals surface area (Å²) in [7, 11) is 4.10. The Labute approximate surface area is 178 Å². The van der Waals surface area contributed by atoms with E-state index in [1.807, 2.05) is 44.6 Å². The van der Waals surface area contributed by atoms with Gasteiger partial charge in [0.1, 0.15) is 0 Å². The quantitative estimate of drug-likeness (QED) is 0.516. The second-order valence-electron chi connectivity index (χ2n) is 8.12. The molecule has 7 heteroatoms. The van der Waals surface area contributed by atoms with Crippen molar-refractivity contribution in [2.45, 2.75) is 6.42 Å². The number of rotatable bonds is 4. The number of likely N-dealkylation sites (N-methyl/N-ethyl adjacent to an activating group) is 1. The first-order valence-electron chi connectivity index (χ1n) is 10.2. The standard InChI is InChI=1S/C24H22N2O5/c1-26(2)8-7-15-14-4-6-18-23(31-12-29-18)22(14)20(16-10-25-24(27)21(15)16)13-3-5-17-19(9-13)30-11-28-17/h3-6,9-10,25,27H,7-8,11-12H2,1-2H3. The highest BCUT2D eigenvalue weighted by molar-refractivity contribution is 6.19. The Kier molecular flexibility index (Phi) is 3.94. The molecule has 0 spiro atoms. The summed E-state index contributed by atoms with van der Waals surface area (Å²) in [5.74, 6) is 3.07. The lowest BCUT2D eigenvalue weighted by Gasteiger charge is -2.18. The minimum absolute atomic E-state index is 0.172. The molecular weight excluding hydrogens is 396 g/mol. The van der Waals surface area contributed by atoms with Crippen molar-refractivity contribution >= 4 is 21.5 Å². The van der Waals surface area contributed by atoms with Gasteiger partial charge in [-0.15, -0.1) is 0 Å². The van der Waals surface area contributed by atoms with Crippen molar-refractivity contribution in [2.24, 2.45) is 0 Å². The normalized spacial score (nSPS) is 14.3. The average molecular weight is 418 g/mol. The Bertz CT molecular complexity index is 1340. The van der Waals surface area contributed by atoms with Gasteiger partial charge in [-0.05, 0) is 55.2 Å². The van der Waals surface area contributed by atoms with Crippen LogP contribution in [-0.2, 0) is 6.42 Å². The van der Waals surface area contributed by atoms with Crippen LogP contribution in [0.15, 0.2) is 36.5 Å². The largest absolute Gasteiger partial charge is 0.494 e. The first-order valence-corrected chi connectivity index (χ1v) is 10.2. The van der Waals surface area contributed by atoms with Crippen molar-refractivity contribution in [3.63, 3.8) is 0 Å². The van der Waals surface area contributed by atoms with E-state index in [9.17, 15) is 5.11 Å². The van der Waals surface area contributed by atoms with Crippen LogP contribution in [0, 0.1) is 0 Å². The monoisotopic (exact) mass is 418 g/mol.